The summed E-state index contributed by atoms with van der Waals surface area (Å²) in [4.78, 5) is 16.4. The van der Waals surface area contributed by atoms with Gasteiger partial charge in [-0.2, -0.15) is 0 Å². The standard InChI is InChI=1S/C27H34N2O2/c1-18-13-22(28(5)6)14-19(2)26(18)11-9-24(30)17-25(31)10-12-27-20(3)15-23(29(7)8)16-21(27)4/h9-17,30H,1-8H3. The number of aliphatic hydroxyl groups excluding tert-OH is 1. The van der Waals surface area contributed by atoms with Crippen molar-refractivity contribution >= 4 is 29.3 Å². The second-order valence-corrected chi connectivity index (χ2v) is 8.41. The van der Waals surface area contributed by atoms with E-state index in [1.807, 2.05) is 68.0 Å². The van der Waals surface area contributed by atoms with Crippen molar-refractivity contribution in [1.29, 1.82) is 0 Å². The lowest BCUT2D eigenvalue weighted by Crippen LogP contribution is -2.09. The van der Waals surface area contributed by atoms with Crippen molar-refractivity contribution in [2.45, 2.75) is 27.7 Å². The molecule has 1 N–H and O–H groups in total. The molecule has 0 saturated heterocycles. The van der Waals surface area contributed by atoms with Crippen LogP contribution in [-0.4, -0.2) is 39.1 Å². The summed E-state index contributed by atoms with van der Waals surface area (Å²) in [6.45, 7) is 8.15. The van der Waals surface area contributed by atoms with E-state index < -0.39 is 0 Å². The molecule has 2 aromatic rings. The molecule has 31 heavy (non-hydrogen) atoms. The summed E-state index contributed by atoms with van der Waals surface area (Å²) in [5.74, 6) is -0.324. The highest BCUT2D eigenvalue weighted by atomic mass is 16.3. The fourth-order valence-electron chi connectivity index (χ4n) is 3.52. The van der Waals surface area contributed by atoms with Crippen molar-refractivity contribution in [3.8, 4) is 0 Å². The maximum absolute atomic E-state index is 12.3. The zero-order chi connectivity index (χ0) is 23.3. The predicted molar refractivity (Wildman–Crippen MR) is 134 cm³/mol. The van der Waals surface area contributed by atoms with Gasteiger partial charge in [0, 0.05) is 45.6 Å². The van der Waals surface area contributed by atoms with Crippen LogP contribution >= 0.6 is 0 Å². The lowest BCUT2D eigenvalue weighted by molar-refractivity contribution is -0.110. The largest absolute Gasteiger partial charge is 0.508 e. The number of nitrogens with zero attached hydrogens (tertiary/aromatic N) is 2. The van der Waals surface area contributed by atoms with Crippen LogP contribution in [0.5, 0.6) is 0 Å². The fraction of sp³-hybridized carbons (Fsp3) is 0.296. The minimum atomic E-state index is -0.256. The van der Waals surface area contributed by atoms with E-state index in [2.05, 4.69) is 34.1 Å². The summed E-state index contributed by atoms with van der Waals surface area (Å²) in [6.07, 6.45) is 7.97. The molecule has 0 atom stereocenters. The summed E-state index contributed by atoms with van der Waals surface area (Å²) >= 11 is 0. The van der Waals surface area contributed by atoms with E-state index in [9.17, 15) is 9.90 Å². The quantitative estimate of drug-likeness (QED) is 0.351. The lowest BCUT2D eigenvalue weighted by atomic mass is 10.0. The van der Waals surface area contributed by atoms with E-state index in [0.717, 1.165) is 44.8 Å². The Morgan fingerprint density at radius 1 is 0.710 bits per heavy atom. The highest BCUT2D eigenvalue weighted by molar-refractivity contribution is 6.02. The Balaban J connectivity index is 2.17. The molecule has 0 bridgehead atoms. The Hall–Kier alpha value is -3.27. The van der Waals surface area contributed by atoms with Crippen LogP contribution in [0.4, 0.5) is 11.4 Å². The Morgan fingerprint density at radius 3 is 1.42 bits per heavy atom. The molecule has 0 radical (unpaired) electrons. The molecule has 4 heteroatoms. The number of carbonyl (C=O) groups is 1. The zero-order valence-electron chi connectivity index (χ0n) is 19.9. The van der Waals surface area contributed by atoms with Gasteiger partial charge in [-0.05, 0) is 97.5 Å². The molecule has 0 spiro atoms. The van der Waals surface area contributed by atoms with Gasteiger partial charge in [-0.1, -0.05) is 12.2 Å². The third-order valence-corrected chi connectivity index (χ3v) is 5.31. The van der Waals surface area contributed by atoms with Gasteiger partial charge in [0.25, 0.3) is 0 Å². The van der Waals surface area contributed by atoms with Gasteiger partial charge < -0.3 is 14.9 Å². The van der Waals surface area contributed by atoms with Crippen LogP contribution in [0.25, 0.3) is 12.2 Å². The van der Waals surface area contributed by atoms with E-state index in [0.29, 0.717) is 0 Å². The molecule has 0 unspecified atom stereocenters. The van der Waals surface area contributed by atoms with E-state index in [-0.39, 0.29) is 11.5 Å². The number of anilines is 2. The van der Waals surface area contributed by atoms with Crippen LogP contribution in [0.1, 0.15) is 33.4 Å². The number of hydrogen-bond donors (Lipinski definition) is 1. The average Bonchev–Trinajstić information content (AvgIpc) is 2.66. The van der Waals surface area contributed by atoms with Gasteiger partial charge in [0.05, 0.1) is 0 Å². The Labute approximate surface area is 186 Å². The molecule has 0 aliphatic carbocycles. The van der Waals surface area contributed by atoms with Gasteiger partial charge in [0.2, 0.25) is 0 Å². The predicted octanol–water partition coefficient (Wildman–Crippen LogP) is 5.79. The molecule has 0 amide bonds. The van der Waals surface area contributed by atoms with E-state index in [1.165, 1.54) is 12.2 Å². The number of carbonyl (C=O) groups excluding carboxylic acids is 1. The number of hydrogen-bond acceptors (Lipinski definition) is 4. The minimum absolute atomic E-state index is 0.0680. The van der Waals surface area contributed by atoms with Crippen LogP contribution in [0.2, 0.25) is 0 Å². The second kappa shape index (κ2) is 10.2. The lowest BCUT2D eigenvalue weighted by Gasteiger charge is -2.16. The van der Waals surface area contributed by atoms with Crippen LogP contribution in [-0.2, 0) is 4.79 Å². The maximum atomic E-state index is 12.3. The summed E-state index contributed by atoms with van der Waals surface area (Å²) in [5, 5.41) is 10.2. The number of ketones is 1. The first-order chi connectivity index (χ1) is 14.5. The smallest absolute Gasteiger partial charge is 0.182 e. The van der Waals surface area contributed by atoms with Crippen molar-refractivity contribution in [2.75, 3.05) is 38.0 Å². The molecule has 0 aliphatic heterocycles. The summed E-state index contributed by atoms with van der Waals surface area (Å²) < 4.78 is 0. The first-order valence-electron chi connectivity index (χ1n) is 10.4. The van der Waals surface area contributed by atoms with Crippen molar-refractivity contribution < 1.29 is 9.90 Å². The molecular formula is C27H34N2O2. The molecular weight excluding hydrogens is 384 g/mol. The van der Waals surface area contributed by atoms with E-state index in [4.69, 9.17) is 0 Å². The van der Waals surface area contributed by atoms with Crippen molar-refractivity contribution in [2.24, 2.45) is 0 Å². The zero-order valence-corrected chi connectivity index (χ0v) is 19.9. The number of aryl methyl sites for hydroxylation is 4. The van der Waals surface area contributed by atoms with Gasteiger partial charge in [0.15, 0.2) is 5.78 Å². The summed E-state index contributed by atoms with van der Waals surface area (Å²) in [6, 6.07) is 8.40. The molecule has 2 rings (SSSR count). The van der Waals surface area contributed by atoms with Gasteiger partial charge in [-0.25, -0.2) is 0 Å². The molecule has 0 aromatic heterocycles. The van der Waals surface area contributed by atoms with Crippen molar-refractivity contribution in [1.82, 2.24) is 0 Å². The van der Waals surface area contributed by atoms with Crippen LogP contribution in [0.15, 0.2) is 48.3 Å². The van der Waals surface area contributed by atoms with E-state index >= 15 is 0 Å². The number of rotatable bonds is 7. The highest BCUT2D eigenvalue weighted by Gasteiger charge is 2.06. The highest BCUT2D eigenvalue weighted by Crippen LogP contribution is 2.24. The number of allylic oxidation sites excluding steroid dienone is 3. The molecule has 164 valence electrons. The van der Waals surface area contributed by atoms with E-state index in [1.54, 1.807) is 6.08 Å². The Morgan fingerprint density at radius 2 is 1.06 bits per heavy atom. The average molecular weight is 419 g/mol. The SMILES string of the molecule is Cc1cc(N(C)C)cc(C)c1C=CC(=O)C=C(O)C=Cc1c(C)cc(N(C)C)cc1C. The van der Waals surface area contributed by atoms with Gasteiger partial charge in [-0.15, -0.1) is 0 Å². The van der Waals surface area contributed by atoms with Gasteiger partial charge in [0.1, 0.15) is 5.76 Å². The normalized spacial score (nSPS) is 12.1. The maximum Gasteiger partial charge on any atom is 0.182 e. The molecule has 0 heterocycles. The van der Waals surface area contributed by atoms with Gasteiger partial charge in [-0.3, -0.25) is 4.79 Å². The van der Waals surface area contributed by atoms with Crippen LogP contribution in [0, 0.1) is 27.7 Å². The van der Waals surface area contributed by atoms with Crippen molar-refractivity contribution in [3.05, 3.63) is 81.6 Å². The summed E-state index contributed by atoms with van der Waals surface area (Å²) in [7, 11) is 8.04. The summed E-state index contributed by atoms with van der Waals surface area (Å²) in [5.41, 5.74) is 8.77. The minimum Gasteiger partial charge on any atom is -0.508 e. The van der Waals surface area contributed by atoms with Crippen LogP contribution in [0.3, 0.4) is 0 Å². The first-order valence-corrected chi connectivity index (χ1v) is 10.4. The molecule has 4 nitrogen and oxygen atoms in total. The topological polar surface area (TPSA) is 43.8 Å². The third kappa shape index (κ3) is 6.35. The number of aliphatic hydroxyl groups is 1. The molecule has 2 aromatic carbocycles. The molecule has 0 saturated carbocycles. The van der Waals surface area contributed by atoms with Crippen LogP contribution < -0.4 is 9.80 Å². The fourth-order valence-corrected chi connectivity index (χ4v) is 3.52. The second-order valence-electron chi connectivity index (χ2n) is 8.41. The van der Waals surface area contributed by atoms with Crippen molar-refractivity contribution in [3.63, 3.8) is 0 Å². The monoisotopic (exact) mass is 418 g/mol. The Bertz CT molecular complexity index is 1010. The third-order valence-electron chi connectivity index (χ3n) is 5.31. The Kier molecular flexibility index (Phi) is 7.87. The van der Waals surface area contributed by atoms with Gasteiger partial charge >= 0.3 is 0 Å². The first kappa shape index (κ1) is 24.0. The molecule has 0 aliphatic rings. The number of benzene rings is 2. The molecule has 0 fully saturated rings.